The van der Waals surface area contributed by atoms with Crippen LogP contribution in [0, 0.1) is 0 Å². The van der Waals surface area contributed by atoms with Crippen molar-refractivity contribution < 1.29 is 34.0 Å². The molecule has 0 aromatic heterocycles. The molecular weight excluding hydrogens is 330 g/mol. The van der Waals surface area contributed by atoms with Gasteiger partial charge in [0.1, 0.15) is 0 Å². The van der Waals surface area contributed by atoms with Crippen molar-refractivity contribution >= 4 is 23.1 Å². The number of benzene rings is 1. The monoisotopic (exact) mass is 343 g/mol. The Morgan fingerprint density at radius 1 is 0.933 bits per heavy atom. The van der Waals surface area contributed by atoms with Crippen molar-refractivity contribution in [1.82, 2.24) is 4.90 Å². The number of likely N-dealkylation sites (tertiary alicyclic amines) is 1. The molecular formula is C11H15Br2MgN. The molecule has 1 aromatic rings. The van der Waals surface area contributed by atoms with Crippen molar-refractivity contribution in [3.05, 3.63) is 35.9 Å². The fraction of sp³-hybridized carbons (Fsp3) is 0.455. The van der Waals surface area contributed by atoms with E-state index in [0.717, 1.165) is 6.54 Å². The first-order valence-corrected chi connectivity index (χ1v) is 4.71. The van der Waals surface area contributed by atoms with Gasteiger partial charge in [0.2, 0.25) is 0 Å². The molecule has 1 saturated heterocycles. The summed E-state index contributed by atoms with van der Waals surface area (Å²) in [5.74, 6) is 0. The van der Waals surface area contributed by atoms with E-state index in [0.29, 0.717) is 0 Å². The van der Waals surface area contributed by atoms with Gasteiger partial charge in [-0.2, -0.15) is 0 Å². The van der Waals surface area contributed by atoms with E-state index in [4.69, 9.17) is 0 Å². The molecule has 0 N–H and O–H groups in total. The molecule has 1 aliphatic heterocycles. The Balaban J connectivity index is 0. The van der Waals surface area contributed by atoms with Crippen molar-refractivity contribution in [3.63, 3.8) is 0 Å². The third-order valence-electron chi connectivity index (χ3n) is 2.45. The van der Waals surface area contributed by atoms with E-state index in [1.807, 2.05) is 0 Å². The van der Waals surface area contributed by atoms with Gasteiger partial charge >= 0.3 is 23.1 Å². The Kier molecular flexibility index (Phi) is 12.3. The van der Waals surface area contributed by atoms with E-state index in [9.17, 15) is 0 Å². The van der Waals surface area contributed by atoms with Crippen LogP contribution in [0.4, 0.5) is 0 Å². The molecule has 0 radical (unpaired) electrons. The smallest absolute Gasteiger partial charge is 1.00 e. The van der Waals surface area contributed by atoms with E-state index in [2.05, 4.69) is 35.2 Å². The summed E-state index contributed by atoms with van der Waals surface area (Å²) in [5.41, 5.74) is 1.44. The maximum Gasteiger partial charge on any atom is 2.00 e. The Morgan fingerprint density at radius 3 is 2.00 bits per heavy atom. The van der Waals surface area contributed by atoms with E-state index in [-0.39, 0.29) is 57.0 Å². The van der Waals surface area contributed by atoms with Crippen molar-refractivity contribution in [3.8, 4) is 0 Å². The maximum absolute atomic E-state index is 2.52. The summed E-state index contributed by atoms with van der Waals surface area (Å²) < 4.78 is 0. The zero-order valence-corrected chi connectivity index (χ0v) is 13.4. The molecule has 1 aliphatic rings. The van der Waals surface area contributed by atoms with Crippen LogP contribution in [-0.2, 0) is 6.54 Å². The zero-order valence-electron chi connectivity index (χ0n) is 8.83. The first kappa shape index (κ1) is 18.3. The number of halogens is 2. The first-order valence-electron chi connectivity index (χ1n) is 4.71. The number of rotatable bonds is 2. The normalized spacial score (nSPS) is 14.7. The first-order chi connectivity index (χ1) is 5.95. The van der Waals surface area contributed by atoms with Crippen LogP contribution in [0.2, 0.25) is 0 Å². The second-order valence-corrected chi connectivity index (χ2v) is 3.47. The molecule has 0 spiro atoms. The van der Waals surface area contributed by atoms with E-state index < -0.39 is 0 Å². The molecule has 0 bridgehead atoms. The van der Waals surface area contributed by atoms with Gasteiger partial charge in [-0.1, -0.05) is 30.3 Å². The number of nitrogens with zero attached hydrogens (tertiary/aromatic N) is 1. The Hall–Kier alpha value is 0.906. The molecule has 1 fully saturated rings. The summed E-state index contributed by atoms with van der Waals surface area (Å²) in [5, 5.41) is 0. The van der Waals surface area contributed by atoms with E-state index >= 15 is 0 Å². The summed E-state index contributed by atoms with van der Waals surface area (Å²) in [7, 11) is 0. The maximum atomic E-state index is 2.52. The Labute approximate surface area is 129 Å². The van der Waals surface area contributed by atoms with Gasteiger partial charge in [0, 0.05) is 6.54 Å². The van der Waals surface area contributed by atoms with Crippen LogP contribution < -0.4 is 34.0 Å². The van der Waals surface area contributed by atoms with Crippen molar-refractivity contribution in [2.45, 2.75) is 19.4 Å². The fourth-order valence-electron chi connectivity index (χ4n) is 1.78. The second-order valence-electron chi connectivity index (χ2n) is 3.47. The minimum Gasteiger partial charge on any atom is -1.00 e. The SMILES string of the molecule is [Br-].[Br-].[Mg+2].c1ccc(CN2CCCC2)cc1. The summed E-state index contributed by atoms with van der Waals surface area (Å²) >= 11 is 0. The van der Waals surface area contributed by atoms with Gasteiger partial charge in [0.05, 0.1) is 0 Å². The van der Waals surface area contributed by atoms with Gasteiger partial charge < -0.3 is 34.0 Å². The van der Waals surface area contributed by atoms with Crippen LogP contribution >= 0.6 is 0 Å². The molecule has 80 valence electrons. The second kappa shape index (κ2) is 10.1. The molecule has 15 heavy (non-hydrogen) atoms. The third kappa shape index (κ3) is 6.27. The summed E-state index contributed by atoms with van der Waals surface area (Å²) in [6.45, 7) is 3.71. The predicted octanol–water partition coefficient (Wildman–Crippen LogP) is -4.09. The molecule has 2 rings (SSSR count). The summed E-state index contributed by atoms with van der Waals surface area (Å²) in [6, 6.07) is 10.7. The van der Waals surface area contributed by atoms with Crippen LogP contribution in [-0.4, -0.2) is 41.0 Å². The standard InChI is InChI=1S/C11H15N.2BrH.Mg/c1-2-6-11(7-3-1)10-12-8-4-5-9-12;;;/h1-3,6-7H,4-5,8-10H2;2*1H;/q;;;+2/p-2. The van der Waals surface area contributed by atoms with Gasteiger partial charge in [-0.3, -0.25) is 4.90 Å². The van der Waals surface area contributed by atoms with Crippen LogP contribution in [0.1, 0.15) is 18.4 Å². The van der Waals surface area contributed by atoms with Gasteiger partial charge in [-0.25, -0.2) is 0 Å². The molecule has 1 nitrogen and oxygen atoms in total. The number of hydrogen-bond donors (Lipinski definition) is 0. The zero-order chi connectivity index (χ0) is 8.23. The minimum absolute atomic E-state index is 0. The fourth-order valence-corrected chi connectivity index (χ4v) is 1.78. The average molecular weight is 345 g/mol. The predicted molar refractivity (Wildman–Crippen MR) is 56.7 cm³/mol. The quantitative estimate of drug-likeness (QED) is 0.493. The molecule has 0 atom stereocenters. The summed E-state index contributed by atoms with van der Waals surface area (Å²) in [4.78, 5) is 2.52. The molecule has 0 aliphatic carbocycles. The van der Waals surface area contributed by atoms with Crippen LogP contribution in [0.5, 0.6) is 0 Å². The minimum atomic E-state index is 0. The molecule has 0 amide bonds. The molecule has 1 aromatic carbocycles. The average Bonchev–Trinajstić information content (AvgIpc) is 2.59. The van der Waals surface area contributed by atoms with E-state index in [1.165, 1.54) is 31.5 Å². The van der Waals surface area contributed by atoms with Gasteiger partial charge in [-0.05, 0) is 31.5 Å². The van der Waals surface area contributed by atoms with Gasteiger partial charge in [-0.15, -0.1) is 0 Å². The van der Waals surface area contributed by atoms with E-state index in [1.54, 1.807) is 0 Å². The third-order valence-corrected chi connectivity index (χ3v) is 2.45. The Bertz CT molecular complexity index is 238. The van der Waals surface area contributed by atoms with Crippen molar-refractivity contribution in [1.29, 1.82) is 0 Å². The molecule has 1 heterocycles. The number of hydrogen-bond acceptors (Lipinski definition) is 1. The van der Waals surface area contributed by atoms with Gasteiger partial charge in [0.15, 0.2) is 0 Å². The van der Waals surface area contributed by atoms with Crippen molar-refractivity contribution in [2.24, 2.45) is 0 Å². The molecule has 0 saturated carbocycles. The van der Waals surface area contributed by atoms with Crippen molar-refractivity contribution in [2.75, 3.05) is 13.1 Å². The Morgan fingerprint density at radius 2 is 1.47 bits per heavy atom. The topological polar surface area (TPSA) is 3.24 Å². The van der Waals surface area contributed by atoms with Gasteiger partial charge in [0.25, 0.3) is 0 Å². The van der Waals surface area contributed by atoms with Crippen LogP contribution in [0.25, 0.3) is 0 Å². The van der Waals surface area contributed by atoms with Crippen LogP contribution in [0.3, 0.4) is 0 Å². The molecule has 4 heteroatoms. The molecule has 0 unspecified atom stereocenters. The largest absolute Gasteiger partial charge is 2.00 e. The van der Waals surface area contributed by atoms with Crippen LogP contribution in [0.15, 0.2) is 30.3 Å². The summed E-state index contributed by atoms with van der Waals surface area (Å²) in [6.07, 6.45) is 2.76.